The zero-order chi connectivity index (χ0) is 16.5. The van der Waals surface area contributed by atoms with E-state index in [0.29, 0.717) is 12.1 Å². The monoisotopic (exact) mass is 328 g/mol. The van der Waals surface area contributed by atoms with E-state index >= 15 is 0 Å². The average molecular weight is 329 g/mol. The smallest absolute Gasteiger partial charge is 0.142 e. The van der Waals surface area contributed by atoms with Gasteiger partial charge in [-0.25, -0.2) is 0 Å². The zero-order valence-electron chi connectivity index (χ0n) is 15.2. The molecule has 1 aliphatic heterocycles. The van der Waals surface area contributed by atoms with Crippen molar-refractivity contribution in [2.24, 2.45) is 17.8 Å². The van der Waals surface area contributed by atoms with Crippen LogP contribution in [0.15, 0.2) is 18.2 Å². The first-order chi connectivity index (χ1) is 11.7. The lowest BCUT2D eigenvalue weighted by molar-refractivity contribution is 0.242. The Morgan fingerprint density at radius 2 is 2.21 bits per heavy atom. The Labute approximate surface area is 146 Å². The summed E-state index contributed by atoms with van der Waals surface area (Å²) in [7, 11) is 0. The molecule has 0 amide bonds. The van der Waals surface area contributed by atoms with Gasteiger partial charge in [-0.2, -0.15) is 0 Å². The maximum absolute atomic E-state index is 5.69. The Kier molecular flexibility index (Phi) is 4.71. The minimum atomic E-state index is 0.571. The molecule has 4 rings (SSSR count). The van der Waals surface area contributed by atoms with E-state index < -0.39 is 0 Å². The Morgan fingerprint density at radius 1 is 1.29 bits per heavy atom. The largest absolute Gasteiger partial charge is 0.490 e. The van der Waals surface area contributed by atoms with Gasteiger partial charge in [-0.15, -0.1) is 0 Å². The third-order valence-electron chi connectivity index (χ3n) is 6.63. The molecule has 2 N–H and O–H groups in total. The van der Waals surface area contributed by atoms with Crippen LogP contribution in [0, 0.1) is 17.8 Å². The van der Waals surface area contributed by atoms with Crippen LogP contribution in [0.2, 0.25) is 0 Å². The van der Waals surface area contributed by atoms with E-state index in [9.17, 15) is 0 Å². The van der Waals surface area contributed by atoms with Crippen molar-refractivity contribution in [1.82, 2.24) is 5.32 Å². The van der Waals surface area contributed by atoms with Crippen LogP contribution in [0.25, 0.3) is 0 Å². The van der Waals surface area contributed by atoms with Gasteiger partial charge < -0.3 is 15.4 Å². The molecule has 132 valence electrons. The van der Waals surface area contributed by atoms with E-state index in [1.54, 1.807) is 0 Å². The predicted octanol–water partition coefficient (Wildman–Crippen LogP) is 4.23. The van der Waals surface area contributed by atoms with Gasteiger partial charge >= 0.3 is 0 Å². The maximum atomic E-state index is 5.69. The molecule has 0 spiro atoms. The van der Waals surface area contributed by atoms with Crippen molar-refractivity contribution in [3.05, 3.63) is 23.8 Å². The van der Waals surface area contributed by atoms with Crippen LogP contribution in [0.3, 0.4) is 0 Å². The van der Waals surface area contributed by atoms with E-state index in [0.717, 1.165) is 48.8 Å². The summed E-state index contributed by atoms with van der Waals surface area (Å²) < 4.78 is 5.69. The number of hydrogen-bond acceptors (Lipinski definition) is 3. The van der Waals surface area contributed by atoms with E-state index in [1.807, 2.05) is 0 Å². The lowest BCUT2D eigenvalue weighted by atomic mass is 9.83. The van der Waals surface area contributed by atoms with Crippen LogP contribution in [0.5, 0.6) is 5.75 Å². The van der Waals surface area contributed by atoms with E-state index in [-0.39, 0.29) is 0 Å². The normalized spacial score (nSPS) is 30.3. The van der Waals surface area contributed by atoms with Crippen molar-refractivity contribution < 1.29 is 4.74 Å². The molecular formula is C21H32N2O. The van der Waals surface area contributed by atoms with Crippen LogP contribution in [0.1, 0.15) is 51.5 Å². The molecule has 2 aliphatic carbocycles. The van der Waals surface area contributed by atoms with Gasteiger partial charge in [0.2, 0.25) is 0 Å². The highest BCUT2D eigenvalue weighted by Crippen LogP contribution is 2.49. The first-order valence-corrected chi connectivity index (χ1v) is 9.98. The highest BCUT2D eigenvalue weighted by atomic mass is 16.5. The quantitative estimate of drug-likeness (QED) is 0.820. The summed E-state index contributed by atoms with van der Waals surface area (Å²) in [5, 5.41) is 7.42. The van der Waals surface area contributed by atoms with Crippen LogP contribution in [0.4, 0.5) is 5.69 Å². The SMILES string of the molecule is CCC(Cc1ccc2c(c1)NCCO2)NC(C)C1CC2CCC1C2. The van der Waals surface area contributed by atoms with Gasteiger partial charge in [-0.1, -0.05) is 19.4 Å². The first kappa shape index (κ1) is 16.3. The molecule has 5 unspecified atom stereocenters. The van der Waals surface area contributed by atoms with Gasteiger partial charge in [0.05, 0.1) is 5.69 Å². The molecule has 3 aliphatic rings. The summed E-state index contributed by atoms with van der Waals surface area (Å²) in [6.07, 6.45) is 8.24. The van der Waals surface area contributed by atoms with Crippen LogP contribution in [-0.2, 0) is 6.42 Å². The Bertz CT molecular complexity index is 573. The van der Waals surface area contributed by atoms with E-state index in [4.69, 9.17) is 4.74 Å². The van der Waals surface area contributed by atoms with Crippen molar-refractivity contribution in [2.45, 2.75) is 64.5 Å². The van der Waals surface area contributed by atoms with Crippen molar-refractivity contribution in [3.63, 3.8) is 0 Å². The topological polar surface area (TPSA) is 33.3 Å². The van der Waals surface area contributed by atoms with Gasteiger partial charge in [0.25, 0.3) is 0 Å². The van der Waals surface area contributed by atoms with Gasteiger partial charge in [-0.05, 0) is 74.5 Å². The van der Waals surface area contributed by atoms with Gasteiger partial charge in [0, 0.05) is 18.6 Å². The molecule has 2 fully saturated rings. The number of nitrogens with one attached hydrogen (secondary N) is 2. The minimum Gasteiger partial charge on any atom is -0.490 e. The summed E-state index contributed by atoms with van der Waals surface area (Å²) in [4.78, 5) is 0. The van der Waals surface area contributed by atoms with Crippen molar-refractivity contribution in [3.8, 4) is 5.75 Å². The fourth-order valence-electron chi connectivity index (χ4n) is 5.32. The number of ether oxygens (including phenoxy) is 1. The van der Waals surface area contributed by atoms with Crippen molar-refractivity contribution >= 4 is 5.69 Å². The molecule has 0 saturated heterocycles. The lowest BCUT2D eigenvalue weighted by Gasteiger charge is -2.32. The Hall–Kier alpha value is -1.22. The fraction of sp³-hybridized carbons (Fsp3) is 0.714. The second-order valence-electron chi connectivity index (χ2n) is 8.21. The first-order valence-electron chi connectivity index (χ1n) is 9.98. The number of fused-ring (bicyclic) bond motifs is 3. The van der Waals surface area contributed by atoms with Gasteiger partial charge in [-0.3, -0.25) is 0 Å². The van der Waals surface area contributed by atoms with Gasteiger partial charge in [0.15, 0.2) is 0 Å². The molecule has 2 bridgehead atoms. The molecule has 3 heteroatoms. The molecule has 0 radical (unpaired) electrons. The number of benzene rings is 1. The highest BCUT2D eigenvalue weighted by Gasteiger charge is 2.41. The second-order valence-corrected chi connectivity index (χ2v) is 8.21. The number of anilines is 1. The molecule has 3 nitrogen and oxygen atoms in total. The van der Waals surface area contributed by atoms with Crippen molar-refractivity contribution in [1.29, 1.82) is 0 Å². The van der Waals surface area contributed by atoms with Crippen LogP contribution in [-0.4, -0.2) is 25.2 Å². The predicted molar refractivity (Wildman–Crippen MR) is 99.7 cm³/mol. The molecule has 5 atom stereocenters. The van der Waals surface area contributed by atoms with Gasteiger partial charge in [0.1, 0.15) is 12.4 Å². The second kappa shape index (κ2) is 6.95. The molecule has 1 aromatic rings. The van der Waals surface area contributed by atoms with E-state index in [2.05, 4.69) is 42.7 Å². The molecule has 1 aromatic carbocycles. The third-order valence-corrected chi connectivity index (χ3v) is 6.63. The highest BCUT2D eigenvalue weighted by molar-refractivity contribution is 5.59. The number of rotatable bonds is 6. The molecule has 24 heavy (non-hydrogen) atoms. The summed E-state index contributed by atoms with van der Waals surface area (Å²) in [5.74, 6) is 3.95. The zero-order valence-corrected chi connectivity index (χ0v) is 15.2. The van der Waals surface area contributed by atoms with E-state index in [1.165, 1.54) is 37.7 Å². The van der Waals surface area contributed by atoms with Crippen LogP contribution >= 0.6 is 0 Å². The van der Waals surface area contributed by atoms with Crippen molar-refractivity contribution in [2.75, 3.05) is 18.5 Å². The average Bonchev–Trinajstić information content (AvgIpc) is 3.24. The summed E-state index contributed by atoms with van der Waals surface area (Å²) in [6, 6.07) is 7.87. The molecule has 0 aromatic heterocycles. The Balaban J connectivity index is 1.37. The molecule has 2 saturated carbocycles. The summed E-state index contributed by atoms with van der Waals surface area (Å²) in [5.41, 5.74) is 2.57. The third kappa shape index (κ3) is 3.28. The Morgan fingerprint density at radius 3 is 2.96 bits per heavy atom. The summed E-state index contributed by atoms with van der Waals surface area (Å²) >= 11 is 0. The lowest BCUT2D eigenvalue weighted by Crippen LogP contribution is -2.43. The summed E-state index contributed by atoms with van der Waals surface area (Å²) in [6.45, 7) is 6.42. The minimum absolute atomic E-state index is 0.571. The fourth-order valence-corrected chi connectivity index (χ4v) is 5.32. The molecule has 1 heterocycles. The standard InChI is InChI=1S/C21H32N2O/c1-3-18(23-14(2)19-12-15-4-6-17(19)10-15)11-16-5-7-21-20(13-16)22-8-9-24-21/h5,7,13-15,17-19,22-23H,3-4,6,8-12H2,1-2H3. The molecular weight excluding hydrogens is 296 g/mol. The van der Waals surface area contributed by atoms with Crippen LogP contribution < -0.4 is 15.4 Å². The maximum Gasteiger partial charge on any atom is 0.142 e. The number of hydrogen-bond donors (Lipinski definition) is 2.